The van der Waals surface area contributed by atoms with Crippen LogP contribution in [0.2, 0.25) is 5.02 Å². The number of pyridine rings is 1. The summed E-state index contributed by atoms with van der Waals surface area (Å²) in [4.78, 5) is 21.0. The number of hydrogen-bond donors (Lipinski definition) is 2. The Morgan fingerprint density at radius 2 is 2.06 bits per heavy atom. The van der Waals surface area contributed by atoms with E-state index in [0.29, 0.717) is 17.4 Å². The van der Waals surface area contributed by atoms with Gasteiger partial charge in [-0.15, -0.1) is 0 Å². The Morgan fingerprint density at radius 3 is 2.66 bits per heavy atom. The van der Waals surface area contributed by atoms with Crippen LogP contribution in [0.25, 0.3) is 0 Å². The summed E-state index contributed by atoms with van der Waals surface area (Å²) in [7, 11) is -3.70. The normalized spacial score (nSPS) is 31.9. The lowest BCUT2D eigenvalue weighted by molar-refractivity contribution is 0.0939. The molecule has 1 aliphatic heterocycles. The SMILES string of the molecule is C[C@@]1(C2=CC(NC(=O)c3ccc(Cl)cn3)CC=C2F)CS(=O)(=O)[C@](C)(CC2CC2)C(N)=N1. The highest BCUT2D eigenvalue weighted by atomic mass is 35.5. The smallest absolute Gasteiger partial charge is 0.270 e. The van der Waals surface area contributed by atoms with Crippen LogP contribution in [0.1, 0.15) is 50.0 Å². The van der Waals surface area contributed by atoms with Crippen LogP contribution in [-0.4, -0.2) is 47.2 Å². The molecule has 3 aliphatic rings. The molecule has 4 rings (SSSR count). The maximum Gasteiger partial charge on any atom is 0.270 e. The number of nitrogens with two attached hydrogens (primary N) is 1. The summed E-state index contributed by atoms with van der Waals surface area (Å²) >= 11 is 5.81. The fraction of sp³-hybridized carbons (Fsp3) is 0.500. The Balaban J connectivity index is 1.62. The van der Waals surface area contributed by atoms with Gasteiger partial charge in [-0.05, 0) is 50.8 Å². The van der Waals surface area contributed by atoms with E-state index in [9.17, 15) is 17.6 Å². The van der Waals surface area contributed by atoms with E-state index in [1.807, 2.05) is 0 Å². The number of sulfone groups is 1. The number of nitrogens with zero attached hydrogens (tertiary/aromatic N) is 2. The molecule has 3 N–H and O–H groups in total. The number of carbonyl (C=O) groups is 1. The Morgan fingerprint density at radius 1 is 1.34 bits per heavy atom. The van der Waals surface area contributed by atoms with Crippen molar-refractivity contribution in [3.05, 3.63) is 52.6 Å². The Kier molecular flexibility index (Phi) is 5.69. The van der Waals surface area contributed by atoms with Gasteiger partial charge in [0.15, 0.2) is 9.84 Å². The topological polar surface area (TPSA) is 115 Å². The highest BCUT2D eigenvalue weighted by molar-refractivity contribution is 7.93. The monoisotopic (exact) mass is 480 g/mol. The van der Waals surface area contributed by atoms with Gasteiger partial charge < -0.3 is 11.1 Å². The zero-order valence-electron chi connectivity index (χ0n) is 17.9. The lowest BCUT2D eigenvalue weighted by Gasteiger charge is -2.41. The standard InChI is InChI=1S/C22H26ClFN4O3S/c1-21(12-32(30,31)22(2,20(25)28-21)10-13-3-4-13)16-9-15(6-7-17(16)24)27-19(29)18-8-5-14(23)11-26-18/h5,7-9,11,13,15H,3-4,6,10,12H2,1-2H3,(H2,25,28)(H,27,29)/t15?,21-,22+/m0/s1. The van der Waals surface area contributed by atoms with Crippen LogP contribution in [-0.2, 0) is 9.84 Å². The lowest BCUT2D eigenvalue weighted by Crippen LogP contribution is -2.58. The molecule has 1 amide bonds. The molecule has 7 nitrogen and oxygen atoms in total. The molecule has 2 aliphatic carbocycles. The minimum Gasteiger partial charge on any atom is -0.386 e. The van der Waals surface area contributed by atoms with Gasteiger partial charge in [-0.1, -0.05) is 30.5 Å². The van der Waals surface area contributed by atoms with Crippen LogP contribution in [0.15, 0.2) is 46.9 Å². The maximum absolute atomic E-state index is 14.9. The van der Waals surface area contributed by atoms with Gasteiger partial charge in [0.05, 0.1) is 16.8 Å². The molecule has 0 saturated heterocycles. The number of aliphatic imine (C=N–C) groups is 1. The summed E-state index contributed by atoms with van der Waals surface area (Å²) in [6, 6.07) is 2.49. The van der Waals surface area contributed by atoms with Crippen molar-refractivity contribution in [3.63, 3.8) is 0 Å². The number of halogens is 2. The molecular formula is C22H26ClFN4O3S. The van der Waals surface area contributed by atoms with Gasteiger partial charge in [-0.2, -0.15) is 0 Å². The average Bonchev–Trinajstić information content (AvgIpc) is 3.52. The second-order valence-electron chi connectivity index (χ2n) is 9.22. The van der Waals surface area contributed by atoms with Crippen LogP contribution in [0.4, 0.5) is 4.39 Å². The number of amides is 1. The van der Waals surface area contributed by atoms with Gasteiger partial charge in [-0.25, -0.2) is 17.8 Å². The first-order valence-corrected chi connectivity index (χ1v) is 12.6. The van der Waals surface area contributed by atoms with Gasteiger partial charge in [0.2, 0.25) is 0 Å². The van der Waals surface area contributed by atoms with E-state index in [2.05, 4.69) is 15.3 Å². The largest absolute Gasteiger partial charge is 0.386 e. The third-order valence-electron chi connectivity index (χ3n) is 6.47. The van der Waals surface area contributed by atoms with Crippen LogP contribution < -0.4 is 11.1 Å². The summed E-state index contributed by atoms with van der Waals surface area (Å²) in [5.74, 6) is -1.00. The molecule has 172 valence electrons. The van der Waals surface area contributed by atoms with Gasteiger partial charge in [-0.3, -0.25) is 9.79 Å². The third kappa shape index (κ3) is 4.20. The molecular weight excluding hydrogens is 455 g/mol. The van der Waals surface area contributed by atoms with Crippen molar-refractivity contribution < 1.29 is 17.6 Å². The van der Waals surface area contributed by atoms with E-state index in [1.165, 1.54) is 24.4 Å². The number of aromatic nitrogens is 1. The van der Waals surface area contributed by atoms with Crippen LogP contribution in [0.3, 0.4) is 0 Å². The van der Waals surface area contributed by atoms with E-state index < -0.39 is 37.9 Å². The summed E-state index contributed by atoms with van der Waals surface area (Å²) in [6.07, 6.45) is 6.85. The molecule has 1 unspecified atom stereocenters. The van der Waals surface area contributed by atoms with Crippen molar-refractivity contribution in [2.75, 3.05) is 5.75 Å². The van der Waals surface area contributed by atoms with Gasteiger partial charge in [0.25, 0.3) is 5.91 Å². The highest BCUT2D eigenvalue weighted by Gasteiger charge is 2.54. The molecule has 32 heavy (non-hydrogen) atoms. The molecule has 1 saturated carbocycles. The molecule has 0 spiro atoms. The number of carbonyl (C=O) groups excluding carboxylic acids is 1. The summed E-state index contributed by atoms with van der Waals surface area (Å²) < 4.78 is 40.2. The van der Waals surface area contributed by atoms with E-state index in [-0.39, 0.29) is 29.3 Å². The van der Waals surface area contributed by atoms with Crippen LogP contribution in [0.5, 0.6) is 0 Å². The zero-order valence-corrected chi connectivity index (χ0v) is 19.5. The predicted octanol–water partition coefficient (Wildman–Crippen LogP) is 3.12. The molecule has 1 fully saturated rings. The van der Waals surface area contributed by atoms with E-state index in [0.717, 1.165) is 12.8 Å². The third-order valence-corrected chi connectivity index (χ3v) is 9.39. The molecule has 1 aromatic rings. The zero-order chi connectivity index (χ0) is 23.3. The van der Waals surface area contributed by atoms with Crippen molar-refractivity contribution in [3.8, 4) is 0 Å². The van der Waals surface area contributed by atoms with Crippen LogP contribution >= 0.6 is 11.6 Å². The highest BCUT2D eigenvalue weighted by Crippen LogP contribution is 2.45. The summed E-state index contributed by atoms with van der Waals surface area (Å²) in [5, 5.41) is 3.19. The van der Waals surface area contributed by atoms with Crippen molar-refractivity contribution in [2.45, 2.75) is 55.9 Å². The first-order valence-electron chi connectivity index (χ1n) is 10.5. The van der Waals surface area contributed by atoms with E-state index in [1.54, 1.807) is 19.9 Å². The van der Waals surface area contributed by atoms with Gasteiger partial charge >= 0.3 is 0 Å². The molecule has 0 aromatic carbocycles. The number of nitrogens with one attached hydrogen (secondary N) is 1. The minimum absolute atomic E-state index is 0.0170. The minimum atomic E-state index is -3.70. The van der Waals surface area contributed by atoms with Gasteiger partial charge in [0.1, 0.15) is 27.6 Å². The average molecular weight is 481 g/mol. The summed E-state index contributed by atoms with van der Waals surface area (Å²) in [5.41, 5.74) is 5.11. The first-order chi connectivity index (χ1) is 14.9. The second-order valence-corrected chi connectivity index (χ2v) is 12.1. The van der Waals surface area contributed by atoms with Gasteiger partial charge in [0, 0.05) is 11.8 Å². The van der Waals surface area contributed by atoms with E-state index >= 15 is 0 Å². The van der Waals surface area contributed by atoms with Crippen LogP contribution in [0, 0.1) is 5.92 Å². The quantitative estimate of drug-likeness (QED) is 0.672. The maximum atomic E-state index is 14.9. The Bertz CT molecular complexity index is 1140. The molecule has 10 heteroatoms. The number of rotatable bonds is 5. The number of amidine groups is 1. The van der Waals surface area contributed by atoms with Crippen molar-refractivity contribution in [2.24, 2.45) is 16.6 Å². The molecule has 0 radical (unpaired) electrons. The lowest BCUT2D eigenvalue weighted by atomic mass is 9.86. The fourth-order valence-corrected chi connectivity index (χ4v) is 6.57. The molecule has 3 atom stereocenters. The summed E-state index contributed by atoms with van der Waals surface area (Å²) in [6.45, 7) is 3.18. The van der Waals surface area contributed by atoms with E-state index in [4.69, 9.17) is 17.3 Å². The fourth-order valence-electron chi connectivity index (χ4n) is 4.33. The molecule has 1 aromatic heterocycles. The molecule has 2 heterocycles. The van der Waals surface area contributed by atoms with Crippen molar-refractivity contribution in [1.82, 2.24) is 10.3 Å². The Labute approximate surface area is 191 Å². The predicted molar refractivity (Wildman–Crippen MR) is 122 cm³/mol. The second kappa shape index (κ2) is 7.95. The Hall–Kier alpha value is -2.26. The van der Waals surface area contributed by atoms with Crippen molar-refractivity contribution >= 4 is 33.2 Å². The number of hydrogen-bond acceptors (Lipinski definition) is 6. The first kappa shape index (κ1) is 22.9. The molecule has 0 bridgehead atoms. The van der Waals surface area contributed by atoms with Crippen molar-refractivity contribution in [1.29, 1.82) is 0 Å².